The Bertz CT molecular complexity index is 1030. The first kappa shape index (κ1) is 29.0. The molecule has 0 spiro atoms. The number of nitrogens with one attached hydrogen (secondary N) is 3. The van der Waals surface area contributed by atoms with Gasteiger partial charge in [0.2, 0.25) is 0 Å². The Kier molecular flexibility index (Phi) is 11.7. The molecule has 202 valence electrons. The number of carbonyl (C=O) groups is 2. The van der Waals surface area contributed by atoms with Crippen LogP contribution in [0.3, 0.4) is 0 Å². The van der Waals surface area contributed by atoms with Crippen LogP contribution in [-0.4, -0.2) is 51.9 Å². The van der Waals surface area contributed by atoms with Gasteiger partial charge in [0.25, 0.3) is 5.91 Å². The van der Waals surface area contributed by atoms with E-state index in [0.717, 1.165) is 29.0 Å². The molecule has 2 atom stereocenters. The molecule has 7 nitrogen and oxygen atoms in total. The van der Waals surface area contributed by atoms with Crippen LogP contribution < -0.4 is 16.0 Å². The van der Waals surface area contributed by atoms with E-state index in [-0.39, 0.29) is 25.1 Å². The summed E-state index contributed by atoms with van der Waals surface area (Å²) in [6.07, 6.45) is 6.65. The van der Waals surface area contributed by atoms with Gasteiger partial charge in [0.1, 0.15) is 6.10 Å². The molecule has 3 rings (SSSR count). The SMILES string of the molecule is CN[C@H](CNC(=O)c1ccc(C)c(C(OCCNC(=O)OC)c2cccc(Cl)c2)c1)CC1CCCCC1. The molecule has 2 aromatic rings. The topological polar surface area (TPSA) is 88.7 Å². The average Bonchev–Trinajstić information content (AvgIpc) is 2.91. The molecule has 0 saturated heterocycles. The maximum Gasteiger partial charge on any atom is 0.406 e. The number of halogens is 1. The Hall–Kier alpha value is -2.61. The van der Waals surface area contributed by atoms with Crippen molar-refractivity contribution in [2.45, 2.75) is 57.6 Å². The minimum absolute atomic E-state index is 0.109. The Balaban J connectivity index is 1.72. The monoisotopic (exact) mass is 529 g/mol. The van der Waals surface area contributed by atoms with Gasteiger partial charge in [-0.1, -0.05) is 61.9 Å². The normalized spacial score (nSPS) is 15.6. The summed E-state index contributed by atoms with van der Waals surface area (Å²) < 4.78 is 10.8. The van der Waals surface area contributed by atoms with Crippen molar-refractivity contribution in [1.82, 2.24) is 16.0 Å². The second-order valence-corrected chi connectivity index (χ2v) is 10.2. The minimum atomic E-state index is -0.513. The Morgan fingerprint density at radius 2 is 1.86 bits per heavy atom. The summed E-state index contributed by atoms with van der Waals surface area (Å²) in [5.74, 6) is 0.626. The van der Waals surface area contributed by atoms with Gasteiger partial charge in [0.15, 0.2) is 0 Å². The zero-order chi connectivity index (χ0) is 26.6. The lowest BCUT2D eigenvalue weighted by molar-refractivity contribution is 0.0800. The van der Waals surface area contributed by atoms with Crippen LogP contribution in [0.4, 0.5) is 4.79 Å². The summed E-state index contributed by atoms with van der Waals surface area (Å²) >= 11 is 6.27. The van der Waals surface area contributed by atoms with E-state index in [9.17, 15) is 9.59 Å². The van der Waals surface area contributed by atoms with E-state index in [4.69, 9.17) is 16.3 Å². The number of aryl methyl sites for hydroxylation is 1. The zero-order valence-corrected chi connectivity index (χ0v) is 22.9. The number of carbonyl (C=O) groups excluding carboxylic acids is 2. The Morgan fingerprint density at radius 1 is 1.08 bits per heavy atom. The van der Waals surface area contributed by atoms with Crippen LogP contribution in [0.2, 0.25) is 5.02 Å². The number of hydrogen-bond donors (Lipinski definition) is 3. The fourth-order valence-corrected chi connectivity index (χ4v) is 5.15. The molecule has 0 radical (unpaired) electrons. The predicted octanol–water partition coefficient (Wildman–Crippen LogP) is 5.40. The maximum absolute atomic E-state index is 13.1. The molecule has 0 aromatic heterocycles. The molecular formula is C29H40ClN3O4. The first-order valence-corrected chi connectivity index (χ1v) is 13.5. The molecule has 1 fully saturated rings. The van der Waals surface area contributed by atoms with Gasteiger partial charge in [0, 0.05) is 29.7 Å². The van der Waals surface area contributed by atoms with Gasteiger partial charge >= 0.3 is 6.09 Å². The van der Waals surface area contributed by atoms with E-state index in [1.165, 1.54) is 39.2 Å². The largest absolute Gasteiger partial charge is 0.453 e. The van der Waals surface area contributed by atoms with Gasteiger partial charge in [-0.15, -0.1) is 0 Å². The third-order valence-corrected chi connectivity index (χ3v) is 7.31. The fourth-order valence-electron chi connectivity index (χ4n) is 4.95. The molecule has 37 heavy (non-hydrogen) atoms. The van der Waals surface area contributed by atoms with Crippen molar-refractivity contribution >= 4 is 23.6 Å². The van der Waals surface area contributed by atoms with Crippen molar-refractivity contribution in [3.05, 3.63) is 69.7 Å². The van der Waals surface area contributed by atoms with Crippen molar-refractivity contribution < 1.29 is 19.1 Å². The van der Waals surface area contributed by atoms with E-state index >= 15 is 0 Å². The van der Waals surface area contributed by atoms with Gasteiger partial charge in [-0.25, -0.2) is 4.79 Å². The summed E-state index contributed by atoms with van der Waals surface area (Å²) in [6, 6.07) is 13.4. The smallest absolute Gasteiger partial charge is 0.406 e. The van der Waals surface area contributed by atoms with Crippen LogP contribution in [0.25, 0.3) is 0 Å². The van der Waals surface area contributed by atoms with Crippen LogP contribution in [-0.2, 0) is 9.47 Å². The highest BCUT2D eigenvalue weighted by atomic mass is 35.5. The third kappa shape index (κ3) is 9.02. The van der Waals surface area contributed by atoms with Crippen LogP contribution in [0.1, 0.15) is 71.7 Å². The number of hydrogen-bond acceptors (Lipinski definition) is 5. The summed E-state index contributed by atoms with van der Waals surface area (Å²) in [5.41, 5.74) is 3.32. The highest BCUT2D eigenvalue weighted by Crippen LogP contribution is 2.31. The summed E-state index contributed by atoms with van der Waals surface area (Å²) in [6.45, 7) is 3.12. The van der Waals surface area contributed by atoms with Gasteiger partial charge in [-0.2, -0.15) is 0 Å². The first-order chi connectivity index (χ1) is 17.9. The molecular weight excluding hydrogens is 490 g/mol. The van der Waals surface area contributed by atoms with Gasteiger partial charge < -0.3 is 25.4 Å². The van der Waals surface area contributed by atoms with Crippen LogP contribution in [0.15, 0.2) is 42.5 Å². The lowest BCUT2D eigenvalue weighted by Gasteiger charge is -2.26. The number of benzene rings is 2. The number of methoxy groups -OCH3 is 1. The molecule has 8 heteroatoms. The van der Waals surface area contributed by atoms with E-state index in [1.807, 2.05) is 56.4 Å². The van der Waals surface area contributed by atoms with Gasteiger partial charge in [-0.05, 0) is 67.3 Å². The van der Waals surface area contributed by atoms with Crippen LogP contribution >= 0.6 is 11.6 Å². The highest BCUT2D eigenvalue weighted by molar-refractivity contribution is 6.30. The van der Waals surface area contributed by atoms with Crippen molar-refractivity contribution in [1.29, 1.82) is 0 Å². The van der Waals surface area contributed by atoms with Crippen molar-refractivity contribution in [2.24, 2.45) is 5.92 Å². The molecule has 1 aliphatic rings. The molecule has 2 amide bonds. The standard InChI is InChI=1S/C29H40ClN3O4/c1-20-12-13-23(28(34)33-19-25(31-2)16-21-8-5-4-6-9-21)18-26(20)27(22-10-7-11-24(30)17-22)37-15-14-32-29(35)36-3/h7,10-13,17-18,21,25,27,31H,4-6,8-9,14-16,19H2,1-3H3,(H,32,35)(H,33,34)/t25-,27?/m0/s1. The summed E-state index contributed by atoms with van der Waals surface area (Å²) in [4.78, 5) is 24.5. The quantitative estimate of drug-likeness (QED) is 0.320. The lowest BCUT2D eigenvalue weighted by Crippen LogP contribution is -2.40. The molecule has 1 aliphatic carbocycles. The van der Waals surface area contributed by atoms with Gasteiger partial charge in [-0.3, -0.25) is 4.79 Å². The molecule has 0 heterocycles. The number of likely N-dealkylation sites (N-methyl/N-ethyl adjacent to an activating group) is 1. The number of alkyl carbamates (subject to hydrolysis) is 1. The molecule has 3 N–H and O–H groups in total. The minimum Gasteiger partial charge on any atom is -0.453 e. The maximum atomic E-state index is 13.1. The Labute approximate surface area is 225 Å². The van der Waals surface area contributed by atoms with Crippen molar-refractivity contribution in [3.63, 3.8) is 0 Å². The first-order valence-electron chi connectivity index (χ1n) is 13.2. The zero-order valence-electron chi connectivity index (χ0n) is 22.1. The molecule has 1 saturated carbocycles. The van der Waals surface area contributed by atoms with Gasteiger partial charge in [0.05, 0.1) is 13.7 Å². The Morgan fingerprint density at radius 3 is 2.57 bits per heavy atom. The summed E-state index contributed by atoms with van der Waals surface area (Å²) in [7, 11) is 3.28. The molecule has 2 aromatic carbocycles. The number of ether oxygens (including phenoxy) is 2. The van der Waals surface area contributed by atoms with E-state index in [2.05, 4.69) is 20.7 Å². The number of amides is 2. The lowest BCUT2D eigenvalue weighted by atomic mass is 9.85. The van der Waals surface area contributed by atoms with Crippen LogP contribution in [0, 0.1) is 12.8 Å². The van der Waals surface area contributed by atoms with E-state index in [1.54, 1.807) is 0 Å². The van der Waals surface area contributed by atoms with Crippen molar-refractivity contribution in [3.8, 4) is 0 Å². The van der Waals surface area contributed by atoms with Crippen LogP contribution in [0.5, 0.6) is 0 Å². The molecule has 0 bridgehead atoms. The third-order valence-electron chi connectivity index (χ3n) is 7.08. The molecule has 1 unspecified atom stereocenters. The average molecular weight is 530 g/mol. The highest BCUT2D eigenvalue weighted by Gasteiger charge is 2.21. The molecule has 0 aliphatic heterocycles. The second kappa shape index (κ2) is 15.0. The number of rotatable bonds is 12. The van der Waals surface area contributed by atoms with E-state index in [0.29, 0.717) is 17.1 Å². The van der Waals surface area contributed by atoms with E-state index < -0.39 is 12.2 Å². The summed E-state index contributed by atoms with van der Waals surface area (Å²) in [5, 5.41) is 9.72. The second-order valence-electron chi connectivity index (χ2n) is 9.73. The predicted molar refractivity (Wildman–Crippen MR) is 147 cm³/mol. The fraction of sp³-hybridized carbons (Fsp3) is 0.517. The van der Waals surface area contributed by atoms with Crippen molar-refractivity contribution in [2.75, 3.05) is 33.9 Å².